The molecule has 104 valence electrons. The van der Waals surface area contributed by atoms with E-state index in [4.69, 9.17) is 0 Å². The number of nitrogens with one attached hydrogen (secondary N) is 1. The Hall–Kier alpha value is -1.10. The molecular weight excluding hydrogens is 260 g/mol. The fourth-order valence-electron chi connectivity index (χ4n) is 2.70. The Labute approximate surface area is 120 Å². The van der Waals surface area contributed by atoms with Gasteiger partial charge in [-0.2, -0.15) is 0 Å². The summed E-state index contributed by atoms with van der Waals surface area (Å²) in [6, 6.07) is 4.78. The molecule has 0 radical (unpaired) electrons. The molecule has 1 saturated heterocycles. The van der Waals surface area contributed by atoms with Crippen molar-refractivity contribution in [2.24, 2.45) is 0 Å². The molecule has 1 aliphatic heterocycles. The number of piperazine rings is 1. The number of aromatic nitrogens is 2. The van der Waals surface area contributed by atoms with Crippen LogP contribution < -0.4 is 5.32 Å². The number of pyridine rings is 1. The maximum Gasteiger partial charge on any atom is 0.139 e. The molecular formula is C14H21ClN4. The third-order valence-electron chi connectivity index (χ3n) is 3.65. The number of hydrogen-bond donors (Lipinski definition) is 1. The van der Waals surface area contributed by atoms with Gasteiger partial charge in [0.25, 0.3) is 0 Å². The monoisotopic (exact) mass is 280 g/mol. The van der Waals surface area contributed by atoms with Gasteiger partial charge in [-0.1, -0.05) is 6.07 Å². The number of rotatable bonds is 2. The molecule has 1 fully saturated rings. The number of aryl methyl sites for hydroxylation is 1. The molecule has 0 amide bonds. The van der Waals surface area contributed by atoms with Crippen LogP contribution in [0.5, 0.6) is 0 Å². The summed E-state index contributed by atoms with van der Waals surface area (Å²) in [7, 11) is 0. The van der Waals surface area contributed by atoms with E-state index in [1.807, 2.05) is 6.20 Å². The second-order valence-corrected chi connectivity index (χ2v) is 5.22. The van der Waals surface area contributed by atoms with Crippen molar-refractivity contribution in [3.8, 4) is 0 Å². The molecule has 1 atom stereocenters. The van der Waals surface area contributed by atoms with Gasteiger partial charge in [0, 0.05) is 38.4 Å². The first-order valence-electron chi connectivity index (χ1n) is 6.61. The highest BCUT2D eigenvalue weighted by Crippen LogP contribution is 2.13. The van der Waals surface area contributed by atoms with Crippen LogP contribution in [0.4, 0.5) is 0 Å². The van der Waals surface area contributed by atoms with Crippen LogP contribution in [-0.4, -0.2) is 40.0 Å². The predicted molar refractivity (Wildman–Crippen MR) is 79.9 cm³/mol. The van der Waals surface area contributed by atoms with E-state index in [0.29, 0.717) is 6.04 Å². The molecule has 0 saturated carbocycles. The minimum atomic E-state index is 0. The van der Waals surface area contributed by atoms with E-state index >= 15 is 0 Å². The van der Waals surface area contributed by atoms with Crippen LogP contribution in [0.3, 0.4) is 0 Å². The lowest BCUT2D eigenvalue weighted by molar-refractivity contribution is 0.197. The maximum absolute atomic E-state index is 4.52. The van der Waals surface area contributed by atoms with Crippen LogP contribution in [-0.2, 0) is 6.54 Å². The van der Waals surface area contributed by atoms with Gasteiger partial charge in [-0.3, -0.25) is 4.90 Å². The number of imidazole rings is 1. The van der Waals surface area contributed by atoms with Gasteiger partial charge in [-0.25, -0.2) is 4.98 Å². The summed E-state index contributed by atoms with van der Waals surface area (Å²) >= 11 is 0. The predicted octanol–water partition coefficient (Wildman–Crippen LogP) is 1.86. The van der Waals surface area contributed by atoms with Crippen molar-refractivity contribution >= 4 is 18.1 Å². The van der Waals surface area contributed by atoms with Gasteiger partial charge in [0.1, 0.15) is 5.65 Å². The fourth-order valence-corrected chi connectivity index (χ4v) is 2.70. The maximum atomic E-state index is 4.52. The van der Waals surface area contributed by atoms with E-state index in [-0.39, 0.29) is 12.4 Å². The van der Waals surface area contributed by atoms with Gasteiger partial charge in [-0.05, 0) is 25.5 Å². The van der Waals surface area contributed by atoms with Crippen molar-refractivity contribution in [3.05, 3.63) is 35.8 Å². The highest BCUT2D eigenvalue weighted by molar-refractivity contribution is 5.85. The van der Waals surface area contributed by atoms with E-state index in [1.165, 1.54) is 11.3 Å². The zero-order chi connectivity index (χ0) is 12.5. The van der Waals surface area contributed by atoms with Gasteiger partial charge >= 0.3 is 0 Å². The first-order chi connectivity index (χ1) is 8.74. The minimum absolute atomic E-state index is 0. The Morgan fingerprint density at radius 2 is 2.32 bits per heavy atom. The third kappa shape index (κ3) is 2.91. The quantitative estimate of drug-likeness (QED) is 0.911. The minimum Gasteiger partial charge on any atom is -0.312 e. The van der Waals surface area contributed by atoms with Crippen LogP contribution in [0, 0.1) is 6.92 Å². The highest BCUT2D eigenvalue weighted by atomic mass is 35.5. The van der Waals surface area contributed by atoms with Crippen LogP contribution in [0.1, 0.15) is 18.2 Å². The Bertz CT molecular complexity index is 551. The lowest BCUT2D eigenvalue weighted by Crippen LogP contribution is -2.48. The largest absolute Gasteiger partial charge is 0.312 e. The molecule has 5 heteroatoms. The van der Waals surface area contributed by atoms with E-state index in [0.717, 1.165) is 31.8 Å². The number of hydrogen-bond acceptors (Lipinski definition) is 3. The van der Waals surface area contributed by atoms with Crippen LogP contribution in [0.2, 0.25) is 0 Å². The molecule has 19 heavy (non-hydrogen) atoms. The molecule has 0 bridgehead atoms. The Balaban J connectivity index is 0.00000133. The van der Waals surface area contributed by atoms with Gasteiger partial charge in [0.15, 0.2) is 0 Å². The SMILES string of the molecule is Cc1cccn2c(CN3CCNC(C)C3)cnc12.Cl. The standard InChI is InChI=1S/C14H20N4.ClH/c1-11-4-3-6-18-13(8-16-14(11)18)10-17-7-5-15-12(2)9-17;/h3-4,6,8,12,15H,5,7,9-10H2,1-2H3;1H. The first kappa shape index (κ1) is 14.3. The molecule has 1 unspecified atom stereocenters. The Morgan fingerprint density at radius 3 is 3.11 bits per heavy atom. The van der Waals surface area contributed by atoms with Gasteiger partial charge in [0.2, 0.25) is 0 Å². The Morgan fingerprint density at radius 1 is 1.47 bits per heavy atom. The second-order valence-electron chi connectivity index (χ2n) is 5.22. The third-order valence-corrected chi connectivity index (χ3v) is 3.65. The molecule has 0 aliphatic carbocycles. The van der Waals surface area contributed by atoms with Crippen LogP contribution in [0.15, 0.2) is 24.5 Å². The number of nitrogens with zero attached hydrogens (tertiary/aromatic N) is 3. The average molecular weight is 281 g/mol. The van der Waals surface area contributed by atoms with Crippen molar-refractivity contribution in [1.82, 2.24) is 19.6 Å². The smallest absolute Gasteiger partial charge is 0.139 e. The highest BCUT2D eigenvalue weighted by Gasteiger charge is 2.17. The molecule has 0 spiro atoms. The first-order valence-corrected chi connectivity index (χ1v) is 6.61. The van der Waals surface area contributed by atoms with Gasteiger partial charge in [-0.15, -0.1) is 12.4 Å². The van der Waals surface area contributed by atoms with Crippen molar-refractivity contribution in [2.75, 3.05) is 19.6 Å². The lowest BCUT2D eigenvalue weighted by Gasteiger charge is -2.31. The normalized spacial score (nSPS) is 20.4. The molecule has 2 aromatic rings. The zero-order valence-electron chi connectivity index (χ0n) is 11.5. The molecule has 1 aliphatic rings. The number of fused-ring (bicyclic) bond motifs is 1. The molecule has 1 N–H and O–H groups in total. The van der Waals surface area contributed by atoms with Crippen molar-refractivity contribution in [1.29, 1.82) is 0 Å². The summed E-state index contributed by atoms with van der Waals surface area (Å²) in [6.07, 6.45) is 4.12. The summed E-state index contributed by atoms with van der Waals surface area (Å²) in [6.45, 7) is 8.64. The Kier molecular flexibility index (Phi) is 4.45. The summed E-state index contributed by atoms with van der Waals surface area (Å²) in [5.41, 5.74) is 3.59. The topological polar surface area (TPSA) is 32.6 Å². The lowest BCUT2D eigenvalue weighted by atomic mass is 10.2. The molecule has 4 nitrogen and oxygen atoms in total. The molecule has 3 rings (SSSR count). The zero-order valence-corrected chi connectivity index (χ0v) is 12.3. The average Bonchev–Trinajstić information content (AvgIpc) is 2.74. The van der Waals surface area contributed by atoms with Crippen molar-refractivity contribution < 1.29 is 0 Å². The number of halogens is 1. The van der Waals surface area contributed by atoms with Crippen molar-refractivity contribution in [2.45, 2.75) is 26.4 Å². The van der Waals surface area contributed by atoms with Crippen molar-refractivity contribution in [3.63, 3.8) is 0 Å². The van der Waals surface area contributed by atoms with E-state index in [2.05, 4.69) is 51.8 Å². The van der Waals surface area contributed by atoms with E-state index in [1.54, 1.807) is 0 Å². The fraction of sp³-hybridized carbons (Fsp3) is 0.500. The summed E-state index contributed by atoms with van der Waals surface area (Å²) in [5.74, 6) is 0. The second kappa shape index (κ2) is 5.90. The van der Waals surface area contributed by atoms with E-state index < -0.39 is 0 Å². The van der Waals surface area contributed by atoms with Gasteiger partial charge < -0.3 is 9.72 Å². The molecule has 0 aromatic carbocycles. The molecule has 2 aromatic heterocycles. The summed E-state index contributed by atoms with van der Waals surface area (Å²) in [4.78, 5) is 7.02. The summed E-state index contributed by atoms with van der Waals surface area (Å²) < 4.78 is 2.21. The van der Waals surface area contributed by atoms with E-state index in [9.17, 15) is 0 Å². The molecule has 3 heterocycles. The van der Waals surface area contributed by atoms with Crippen LogP contribution >= 0.6 is 12.4 Å². The van der Waals surface area contributed by atoms with Crippen LogP contribution in [0.25, 0.3) is 5.65 Å². The summed E-state index contributed by atoms with van der Waals surface area (Å²) in [5, 5.41) is 3.47. The van der Waals surface area contributed by atoms with Gasteiger partial charge in [0.05, 0.1) is 11.9 Å².